The van der Waals surface area contributed by atoms with Gasteiger partial charge in [0, 0.05) is 0 Å². The van der Waals surface area contributed by atoms with Gasteiger partial charge in [0.15, 0.2) is 0 Å². The minimum atomic E-state index is 0.954. The van der Waals surface area contributed by atoms with E-state index in [1.54, 1.807) is 18.9 Å². The van der Waals surface area contributed by atoms with Crippen LogP contribution >= 0.6 is 11.8 Å². The van der Waals surface area contributed by atoms with Gasteiger partial charge in [0.25, 0.3) is 0 Å². The maximum Gasteiger partial charge on any atom is 0.134 e. The Morgan fingerprint density at radius 1 is 1.55 bits per heavy atom. The van der Waals surface area contributed by atoms with Gasteiger partial charge in [-0.25, -0.2) is 0 Å². The van der Waals surface area contributed by atoms with Crippen LogP contribution in [0.25, 0.3) is 0 Å². The summed E-state index contributed by atoms with van der Waals surface area (Å²) < 4.78 is 5.20. The van der Waals surface area contributed by atoms with Crippen LogP contribution < -0.4 is 10.1 Å². The van der Waals surface area contributed by atoms with E-state index in [-0.39, 0.29) is 0 Å². The Morgan fingerprint density at radius 2 is 2.45 bits per heavy atom. The van der Waals surface area contributed by atoms with E-state index in [0.29, 0.717) is 0 Å². The molecule has 0 saturated carbocycles. The Hall–Kier alpha value is -0.830. The van der Waals surface area contributed by atoms with E-state index in [1.807, 2.05) is 12.1 Å². The molecule has 1 heterocycles. The maximum atomic E-state index is 5.20. The van der Waals surface area contributed by atoms with Crippen molar-refractivity contribution < 1.29 is 4.74 Å². The molecule has 0 aliphatic carbocycles. The monoisotopic (exact) mass is 167 g/mol. The summed E-state index contributed by atoms with van der Waals surface area (Å²) >= 11 is 1.78. The van der Waals surface area contributed by atoms with Gasteiger partial charge in [0.2, 0.25) is 0 Å². The highest BCUT2D eigenvalue weighted by atomic mass is 32.2. The van der Waals surface area contributed by atoms with Gasteiger partial charge in [-0.15, -0.1) is 0 Å². The fourth-order valence-electron chi connectivity index (χ4n) is 1.15. The van der Waals surface area contributed by atoms with Gasteiger partial charge < -0.3 is 10.1 Å². The van der Waals surface area contributed by atoms with Crippen LogP contribution in [0.5, 0.6) is 5.75 Å². The molecule has 0 spiro atoms. The minimum Gasteiger partial charge on any atom is -0.496 e. The zero-order chi connectivity index (χ0) is 7.68. The zero-order valence-electron chi connectivity index (χ0n) is 6.26. The Bertz CT molecular complexity index is 275. The standard InChI is InChI=1S/C8H9NOS/c1-10-7-4-2-3-6-8(7)11-5-9-6/h2-4,9H,5H2,1H3. The van der Waals surface area contributed by atoms with E-state index < -0.39 is 0 Å². The molecule has 0 unspecified atom stereocenters. The fraction of sp³-hybridized carbons (Fsp3) is 0.250. The number of anilines is 1. The molecule has 1 aromatic carbocycles. The summed E-state index contributed by atoms with van der Waals surface area (Å²) in [5, 5.41) is 3.26. The molecule has 0 radical (unpaired) electrons. The second kappa shape index (κ2) is 2.66. The molecule has 0 fully saturated rings. The average Bonchev–Trinajstić information content (AvgIpc) is 2.50. The number of fused-ring (bicyclic) bond motifs is 1. The van der Waals surface area contributed by atoms with Crippen LogP contribution in [0.4, 0.5) is 5.69 Å². The highest BCUT2D eigenvalue weighted by molar-refractivity contribution is 8.00. The molecule has 58 valence electrons. The van der Waals surface area contributed by atoms with Gasteiger partial charge >= 0.3 is 0 Å². The van der Waals surface area contributed by atoms with Crippen LogP contribution in [0.3, 0.4) is 0 Å². The van der Waals surface area contributed by atoms with E-state index in [0.717, 1.165) is 11.6 Å². The van der Waals surface area contributed by atoms with E-state index in [1.165, 1.54) is 10.6 Å². The van der Waals surface area contributed by atoms with Crippen molar-refractivity contribution in [3.63, 3.8) is 0 Å². The minimum absolute atomic E-state index is 0.954. The van der Waals surface area contributed by atoms with Crippen molar-refractivity contribution in [2.75, 3.05) is 18.3 Å². The quantitative estimate of drug-likeness (QED) is 0.692. The topological polar surface area (TPSA) is 21.3 Å². The Balaban J connectivity index is 2.50. The lowest BCUT2D eigenvalue weighted by Crippen LogP contribution is -1.88. The molecule has 0 atom stereocenters. The molecule has 11 heavy (non-hydrogen) atoms. The summed E-state index contributed by atoms with van der Waals surface area (Å²) in [6.45, 7) is 0. The summed E-state index contributed by atoms with van der Waals surface area (Å²) in [4.78, 5) is 1.23. The fourth-order valence-corrected chi connectivity index (χ4v) is 2.11. The lowest BCUT2D eigenvalue weighted by atomic mass is 10.3. The van der Waals surface area contributed by atoms with E-state index in [2.05, 4.69) is 11.4 Å². The molecule has 0 aromatic heterocycles. The number of hydrogen-bond acceptors (Lipinski definition) is 3. The molecule has 0 bridgehead atoms. The molecule has 0 amide bonds. The van der Waals surface area contributed by atoms with Crippen molar-refractivity contribution in [3.05, 3.63) is 18.2 Å². The molecule has 3 heteroatoms. The Labute approximate surface area is 69.9 Å². The number of nitrogens with one attached hydrogen (secondary N) is 1. The van der Waals surface area contributed by atoms with E-state index in [4.69, 9.17) is 4.74 Å². The van der Waals surface area contributed by atoms with Gasteiger partial charge in [0.1, 0.15) is 5.75 Å². The number of rotatable bonds is 1. The van der Waals surface area contributed by atoms with Crippen LogP contribution in [-0.4, -0.2) is 13.0 Å². The normalized spacial score (nSPS) is 13.9. The van der Waals surface area contributed by atoms with Crippen molar-refractivity contribution in [3.8, 4) is 5.75 Å². The van der Waals surface area contributed by atoms with Gasteiger partial charge in [0.05, 0.1) is 23.6 Å². The summed E-state index contributed by atoms with van der Waals surface area (Å²) in [5.74, 6) is 1.92. The summed E-state index contributed by atoms with van der Waals surface area (Å²) in [5.41, 5.74) is 1.19. The first kappa shape index (κ1) is 6.85. The van der Waals surface area contributed by atoms with Crippen LogP contribution in [0.2, 0.25) is 0 Å². The third-order valence-corrected chi connectivity index (χ3v) is 2.68. The van der Waals surface area contributed by atoms with E-state index in [9.17, 15) is 0 Å². The van der Waals surface area contributed by atoms with E-state index >= 15 is 0 Å². The van der Waals surface area contributed by atoms with Gasteiger partial charge in [-0.3, -0.25) is 0 Å². The lowest BCUT2D eigenvalue weighted by molar-refractivity contribution is 0.405. The molecule has 1 N–H and O–H groups in total. The van der Waals surface area contributed by atoms with Crippen LogP contribution in [0, 0.1) is 0 Å². The number of thioether (sulfide) groups is 1. The molecule has 2 nitrogen and oxygen atoms in total. The predicted octanol–water partition coefficient (Wildman–Crippen LogP) is 2.17. The van der Waals surface area contributed by atoms with Crippen LogP contribution in [-0.2, 0) is 0 Å². The summed E-state index contributed by atoms with van der Waals surface area (Å²) in [6.07, 6.45) is 0. The maximum absolute atomic E-state index is 5.20. The van der Waals surface area contributed by atoms with Crippen molar-refractivity contribution in [2.45, 2.75) is 4.90 Å². The Morgan fingerprint density at radius 3 is 3.27 bits per heavy atom. The zero-order valence-corrected chi connectivity index (χ0v) is 7.07. The number of hydrogen-bond donors (Lipinski definition) is 1. The third kappa shape index (κ3) is 1.05. The molecule has 0 saturated heterocycles. The van der Waals surface area contributed by atoms with Crippen molar-refractivity contribution in [2.24, 2.45) is 0 Å². The number of methoxy groups -OCH3 is 1. The highest BCUT2D eigenvalue weighted by Crippen LogP contribution is 2.40. The predicted molar refractivity (Wildman–Crippen MR) is 47.3 cm³/mol. The largest absolute Gasteiger partial charge is 0.496 e. The highest BCUT2D eigenvalue weighted by Gasteiger charge is 2.14. The first-order valence-electron chi connectivity index (χ1n) is 3.45. The molecule has 1 aromatic rings. The molecule has 1 aliphatic rings. The van der Waals surface area contributed by atoms with Crippen LogP contribution in [0.1, 0.15) is 0 Å². The molecule has 2 rings (SSSR count). The van der Waals surface area contributed by atoms with Gasteiger partial charge in [-0.2, -0.15) is 0 Å². The van der Waals surface area contributed by atoms with Crippen molar-refractivity contribution in [1.82, 2.24) is 0 Å². The van der Waals surface area contributed by atoms with Gasteiger partial charge in [-0.05, 0) is 12.1 Å². The molecule has 1 aliphatic heterocycles. The first-order chi connectivity index (χ1) is 5.42. The average molecular weight is 167 g/mol. The van der Waals surface area contributed by atoms with Crippen molar-refractivity contribution in [1.29, 1.82) is 0 Å². The molecular weight excluding hydrogens is 158 g/mol. The second-order valence-corrected chi connectivity index (χ2v) is 3.29. The number of ether oxygens (including phenoxy) is 1. The van der Waals surface area contributed by atoms with Gasteiger partial charge in [-0.1, -0.05) is 17.8 Å². The SMILES string of the molecule is COc1cccc2c1SCN2. The summed E-state index contributed by atoms with van der Waals surface area (Å²) in [7, 11) is 1.70. The lowest BCUT2D eigenvalue weighted by Gasteiger charge is -2.03. The number of benzene rings is 1. The van der Waals surface area contributed by atoms with Crippen molar-refractivity contribution >= 4 is 17.4 Å². The van der Waals surface area contributed by atoms with Crippen LogP contribution in [0.15, 0.2) is 23.1 Å². The third-order valence-electron chi connectivity index (χ3n) is 1.68. The molecular formula is C8H9NOS. The second-order valence-electron chi connectivity index (χ2n) is 2.30. The first-order valence-corrected chi connectivity index (χ1v) is 4.44. The summed E-state index contributed by atoms with van der Waals surface area (Å²) in [6, 6.07) is 6.05. The smallest absolute Gasteiger partial charge is 0.134 e. The Kier molecular flexibility index (Phi) is 1.66.